The van der Waals surface area contributed by atoms with Gasteiger partial charge in [-0.1, -0.05) is 0 Å². The molecule has 0 fully saturated rings. The highest BCUT2D eigenvalue weighted by Crippen LogP contribution is 2.11. The Labute approximate surface area is 113 Å². The molecule has 0 aliphatic rings. The van der Waals surface area contributed by atoms with E-state index in [2.05, 4.69) is 5.32 Å². The summed E-state index contributed by atoms with van der Waals surface area (Å²) >= 11 is 0. The summed E-state index contributed by atoms with van der Waals surface area (Å²) in [7, 11) is 0. The van der Waals surface area contributed by atoms with Gasteiger partial charge < -0.3 is 16.0 Å². The third-order valence-electron chi connectivity index (χ3n) is 2.86. The molecule has 1 aromatic carbocycles. The lowest BCUT2D eigenvalue weighted by atomic mass is 10.1. The molecule has 0 aromatic heterocycles. The molecule has 1 atom stereocenters. The average molecular weight is 263 g/mol. The highest BCUT2D eigenvalue weighted by Gasteiger charge is 2.12. The molecule has 0 heterocycles. The molecule has 1 rings (SSSR count). The quantitative estimate of drug-likeness (QED) is 0.844. The Bertz CT molecular complexity index is 437. The number of nitrogens with one attached hydrogen (secondary N) is 1. The van der Waals surface area contributed by atoms with E-state index in [0.717, 1.165) is 0 Å². The van der Waals surface area contributed by atoms with Gasteiger partial charge in [-0.25, -0.2) is 0 Å². The Morgan fingerprint density at radius 3 is 2.16 bits per heavy atom. The van der Waals surface area contributed by atoms with E-state index in [1.807, 2.05) is 13.8 Å². The van der Waals surface area contributed by atoms with Gasteiger partial charge in [0.1, 0.15) is 0 Å². The SMILES string of the molecule is CCN(CC)C(=O)c1ccc(NC(=O)[C@@H](C)N)cc1. The predicted octanol–water partition coefficient (Wildman–Crippen LogP) is 1.45. The highest BCUT2D eigenvalue weighted by molar-refractivity contribution is 5.96. The Kier molecular flexibility index (Phi) is 5.51. The number of benzene rings is 1. The third-order valence-corrected chi connectivity index (χ3v) is 2.86. The van der Waals surface area contributed by atoms with Crippen LogP contribution in [0.25, 0.3) is 0 Å². The Balaban J connectivity index is 2.76. The summed E-state index contributed by atoms with van der Waals surface area (Å²) in [5.41, 5.74) is 6.72. The number of carbonyl (C=O) groups excluding carboxylic acids is 2. The molecule has 2 amide bonds. The zero-order valence-corrected chi connectivity index (χ0v) is 11.6. The first kappa shape index (κ1) is 15.2. The van der Waals surface area contributed by atoms with E-state index in [1.54, 1.807) is 36.1 Å². The van der Waals surface area contributed by atoms with Crippen LogP contribution in [0.2, 0.25) is 0 Å². The first-order valence-corrected chi connectivity index (χ1v) is 6.45. The molecule has 0 saturated heterocycles. The minimum atomic E-state index is -0.558. The second kappa shape index (κ2) is 6.89. The maximum absolute atomic E-state index is 12.1. The molecule has 0 saturated carbocycles. The van der Waals surface area contributed by atoms with Crippen molar-refractivity contribution in [2.24, 2.45) is 5.73 Å². The number of carbonyl (C=O) groups is 2. The summed E-state index contributed by atoms with van der Waals surface area (Å²) in [6.45, 7) is 6.86. The van der Waals surface area contributed by atoms with Crippen LogP contribution in [0.1, 0.15) is 31.1 Å². The predicted molar refractivity (Wildman–Crippen MR) is 76.0 cm³/mol. The van der Waals surface area contributed by atoms with Crippen molar-refractivity contribution in [2.45, 2.75) is 26.8 Å². The zero-order valence-electron chi connectivity index (χ0n) is 11.6. The standard InChI is InChI=1S/C14H21N3O2/c1-4-17(5-2)14(19)11-6-8-12(9-7-11)16-13(18)10(3)15/h6-10H,4-5,15H2,1-3H3,(H,16,18)/t10-/m1/s1. The van der Waals surface area contributed by atoms with Gasteiger partial charge in [0.2, 0.25) is 5.91 Å². The summed E-state index contributed by atoms with van der Waals surface area (Å²) in [5, 5.41) is 2.68. The average Bonchev–Trinajstić information content (AvgIpc) is 2.40. The van der Waals surface area contributed by atoms with Crippen molar-refractivity contribution in [1.29, 1.82) is 0 Å². The minimum Gasteiger partial charge on any atom is -0.339 e. The van der Waals surface area contributed by atoms with Crippen molar-refractivity contribution >= 4 is 17.5 Å². The monoisotopic (exact) mass is 263 g/mol. The lowest BCUT2D eigenvalue weighted by Gasteiger charge is -2.18. The molecule has 19 heavy (non-hydrogen) atoms. The molecule has 0 aliphatic carbocycles. The minimum absolute atomic E-state index is 0.00457. The molecule has 0 spiro atoms. The molecule has 1 aromatic rings. The largest absolute Gasteiger partial charge is 0.339 e. The fourth-order valence-corrected chi connectivity index (χ4v) is 1.65. The van der Waals surface area contributed by atoms with Gasteiger partial charge in [-0.2, -0.15) is 0 Å². The van der Waals surface area contributed by atoms with Crippen LogP contribution in [-0.4, -0.2) is 35.8 Å². The molecule has 0 radical (unpaired) electrons. The van der Waals surface area contributed by atoms with Crippen LogP contribution >= 0.6 is 0 Å². The Hall–Kier alpha value is -1.88. The van der Waals surface area contributed by atoms with Crippen LogP contribution in [0.15, 0.2) is 24.3 Å². The van der Waals surface area contributed by atoms with E-state index >= 15 is 0 Å². The summed E-state index contributed by atoms with van der Waals surface area (Å²) in [6, 6.07) is 6.26. The van der Waals surface area contributed by atoms with Crippen LogP contribution < -0.4 is 11.1 Å². The number of hydrogen-bond acceptors (Lipinski definition) is 3. The van der Waals surface area contributed by atoms with E-state index in [-0.39, 0.29) is 11.8 Å². The van der Waals surface area contributed by atoms with Crippen molar-refractivity contribution in [3.8, 4) is 0 Å². The third kappa shape index (κ3) is 4.06. The lowest BCUT2D eigenvalue weighted by Crippen LogP contribution is -2.32. The summed E-state index contributed by atoms with van der Waals surface area (Å²) in [4.78, 5) is 25.2. The second-order valence-electron chi connectivity index (χ2n) is 4.33. The van der Waals surface area contributed by atoms with Gasteiger partial charge in [-0.15, -0.1) is 0 Å². The van der Waals surface area contributed by atoms with Gasteiger partial charge in [-0.05, 0) is 45.0 Å². The fourth-order valence-electron chi connectivity index (χ4n) is 1.65. The van der Waals surface area contributed by atoms with Crippen LogP contribution in [0, 0.1) is 0 Å². The number of hydrogen-bond donors (Lipinski definition) is 2. The van der Waals surface area contributed by atoms with Gasteiger partial charge in [0.15, 0.2) is 0 Å². The van der Waals surface area contributed by atoms with Crippen LogP contribution in [-0.2, 0) is 4.79 Å². The topological polar surface area (TPSA) is 75.4 Å². The van der Waals surface area contributed by atoms with E-state index in [1.165, 1.54) is 0 Å². The van der Waals surface area contributed by atoms with Crippen molar-refractivity contribution < 1.29 is 9.59 Å². The Morgan fingerprint density at radius 1 is 1.21 bits per heavy atom. The van der Waals surface area contributed by atoms with Crippen molar-refractivity contribution in [1.82, 2.24) is 4.90 Å². The van der Waals surface area contributed by atoms with Crippen molar-refractivity contribution in [3.63, 3.8) is 0 Å². The van der Waals surface area contributed by atoms with Gasteiger partial charge in [0.05, 0.1) is 6.04 Å². The molecule has 5 heteroatoms. The smallest absolute Gasteiger partial charge is 0.253 e. The molecular formula is C14H21N3O2. The van der Waals surface area contributed by atoms with Crippen LogP contribution in [0.5, 0.6) is 0 Å². The zero-order chi connectivity index (χ0) is 14.4. The Morgan fingerprint density at radius 2 is 1.74 bits per heavy atom. The maximum Gasteiger partial charge on any atom is 0.253 e. The first-order valence-electron chi connectivity index (χ1n) is 6.45. The van der Waals surface area contributed by atoms with E-state index in [9.17, 15) is 9.59 Å². The summed E-state index contributed by atoms with van der Waals surface area (Å²) in [6.07, 6.45) is 0. The van der Waals surface area contributed by atoms with Crippen molar-refractivity contribution in [2.75, 3.05) is 18.4 Å². The normalized spacial score (nSPS) is 11.8. The molecule has 5 nitrogen and oxygen atoms in total. The number of nitrogens with zero attached hydrogens (tertiary/aromatic N) is 1. The van der Waals surface area contributed by atoms with E-state index < -0.39 is 6.04 Å². The molecule has 0 bridgehead atoms. The number of rotatable bonds is 5. The van der Waals surface area contributed by atoms with Gasteiger partial charge in [-0.3, -0.25) is 9.59 Å². The van der Waals surface area contributed by atoms with Crippen molar-refractivity contribution in [3.05, 3.63) is 29.8 Å². The lowest BCUT2D eigenvalue weighted by molar-refractivity contribution is -0.117. The second-order valence-corrected chi connectivity index (χ2v) is 4.33. The van der Waals surface area contributed by atoms with Gasteiger partial charge in [0, 0.05) is 24.3 Å². The molecule has 104 valence electrons. The number of nitrogens with two attached hydrogens (primary N) is 1. The molecular weight excluding hydrogens is 242 g/mol. The number of anilines is 1. The summed E-state index contributed by atoms with van der Waals surface area (Å²) < 4.78 is 0. The van der Waals surface area contributed by atoms with Crippen LogP contribution in [0.4, 0.5) is 5.69 Å². The fraction of sp³-hybridized carbons (Fsp3) is 0.429. The molecule has 0 aliphatic heterocycles. The van der Waals surface area contributed by atoms with E-state index in [4.69, 9.17) is 5.73 Å². The van der Waals surface area contributed by atoms with E-state index in [0.29, 0.717) is 24.3 Å². The maximum atomic E-state index is 12.1. The van der Waals surface area contributed by atoms with Crippen LogP contribution in [0.3, 0.4) is 0 Å². The summed E-state index contributed by atoms with van der Waals surface area (Å²) in [5.74, 6) is -0.252. The number of amides is 2. The highest BCUT2D eigenvalue weighted by atomic mass is 16.2. The molecule has 3 N–H and O–H groups in total. The first-order chi connectivity index (χ1) is 8.99. The van der Waals surface area contributed by atoms with Gasteiger partial charge >= 0.3 is 0 Å². The molecule has 0 unspecified atom stereocenters. The van der Waals surface area contributed by atoms with Gasteiger partial charge in [0.25, 0.3) is 5.91 Å².